The molecule has 0 saturated heterocycles. The quantitative estimate of drug-likeness (QED) is 0.567. The van der Waals surface area contributed by atoms with Gasteiger partial charge in [-0.15, -0.1) is 21.5 Å². The first-order chi connectivity index (χ1) is 14.1. The summed E-state index contributed by atoms with van der Waals surface area (Å²) in [5.41, 5.74) is 0.907. The van der Waals surface area contributed by atoms with Crippen LogP contribution in [0, 0.1) is 13.8 Å². The summed E-state index contributed by atoms with van der Waals surface area (Å²) in [7, 11) is 0. The van der Waals surface area contributed by atoms with Crippen molar-refractivity contribution in [2.24, 2.45) is 0 Å². The van der Waals surface area contributed by atoms with Crippen LogP contribution in [0.4, 0.5) is 0 Å². The lowest BCUT2D eigenvalue weighted by molar-refractivity contribution is -0.135. The Morgan fingerprint density at radius 1 is 1.03 bits per heavy atom. The Balaban J connectivity index is 1.41. The van der Waals surface area contributed by atoms with E-state index in [4.69, 9.17) is 4.42 Å². The molecule has 0 atom stereocenters. The van der Waals surface area contributed by atoms with E-state index < -0.39 is 0 Å². The predicted molar refractivity (Wildman–Crippen MR) is 116 cm³/mol. The third-order valence-electron chi connectivity index (χ3n) is 6.05. The van der Waals surface area contributed by atoms with E-state index in [0.29, 0.717) is 29.0 Å². The van der Waals surface area contributed by atoms with Gasteiger partial charge in [-0.25, -0.2) is 4.98 Å². The highest BCUT2D eigenvalue weighted by Crippen LogP contribution is 2.33. The second-order valence-electron chi connectivity index (χ2n) is 8.19. The van der Waals surface area contributed by atoms with Crippen LogP contribution in [0.1, 0.15) is 74.9 Å². The Morgan fingerprint density at radius 2 is 1.66 bits per heavy atom. The number of aromatic nitrogens is 3. The maximum atomic E-state index is 13.3. The number of carbonyl (C=O) groups is 1. The van der Waals surface area contributed by atoms with Gasteiger partial charge in [-0.1, -0.05) is 50.3 Å². The third kappa shape index (κ3) is 5.02. The van der Waals surface area contributed by atoms with Crippen molar-refractivity contribution in [3.05, 3.63) is 10.7 Å². The molecule has 0 N–H and O–H groups in total. The van der Waals surface area contributed by atoms with Gasteiger partial charge in [0.1, 0.15) is 4.88 Å². The van der Waals surface area contributed by atoms with Crippen molar-refractivity contribution >= 4 is 29.0 Å². The number of hydrogen-bond donors (Lipinski definition) is 0. The fourth-order valence-electron chi connectivity index (χ4n) is 4.71. The maximum absolute atomic E-state index is 13.3. The number of amides is 1. The standard InChI is InChI=1S/C21H30N4O2S2/c1-14-19(29-15(2)22-14)20-23-24-21(27-20)28-13-18(26)25(16-9-5-3-6-10-16)17-11-7-4-8-12-17/h16-17H,3-13H2,1-2H3. The van der Waals surface area contributed by atoms with Gasteiger partial charge in [-0.3, -0.25) is 4.79 Å². The first-order valence-electron chi connectivity index (χ1n) is 10.8. The summed E-state index contributed by atoms with van der Waals surface area (Å²) in [6.07, 6.45) is 12.2. The SMILES string of the molecule is Cc1nc(C)c(-c2nnc(SCC(=O)N(C3CCCCC3)C3CCCCC3)o2)s1. The highest BCUT2D eigenvalue weighted by molar-refractivity contribution is 7.99. The van der Waals surface area contributed by atoms with Gasteiger partial charge >= 0.3 is 0 Å². The maximum Gasteiger partial charge on any atom is 0.277 e. The molecule has 1 amide bonds. The number of carbonyl (C=O) groups excluding carboxylic acids is 1. The highest BCUT2D eigenvalue weighted by atomic mass is 32.2. The Bertz CT molecular complexity index is 805. The largest absolute Gasteiger partial charge is 0.410 e. The third-order valence-corrected chi connectivity index (χ3v) is 7.91. The molecular weight excluding hydrogens is 404 g/mol. The molecule has 0 spiro atoms. The molecule has 4 rings (SSSR count). The monoisotopic (exact) mass is 434 g/mol. The van der Waals surface area contributed by atoms with Gasteiger partial charge in [-0.2, -0.15) is 0 Å². The lowest BCUT2D eigenvalue weighted by atomic mass is 9.88. The lowest BCUT2D eigenvalue weighted by Crippen LogP contribution is -2.49. The molecule has 2 aliphatic carbocycles. The van der Waals surface area contributed by atoms with E-state index in [1.54, 1.807) is 11.3 Å². The molecule has 2 heterocycles. The average molecular weight is 435 g/mol. The van der Waals surface area contributed by atoms with Crippen molar-refractivity contribution in [2.45, 2.75) is 95.4 Å². The minimum absolute atomic E-state index is 0.235. The van der Waals surface area contributed by atoms with Gasteiger partial charge in [0, 0.05) is 12.1 Å². The number of thioether (sulfide) groups is 1. The molecule has 29 heavy (non-hydrogen) atoms. The molecule has 158 valence electrons. The zero-order valence-corrected chi connectivity index (χ0v) is 19.0. The zero-order chi connectivity index (χ0) is 20.2. The fourth-order valence-corrected chi connectivity index (χ4v) is 6.19. The van der Waals surface area contributed by atoms with E-state index in [0.717, 1.165) is 41.3 Å². The average Bonchev–Trinajstić information content (AvgIpc) is 3.34. The first kappa shape index (κ1) is 20.8. The van der Waals surface area contributed by atoms with Crippen molar-refractivity contribution in [1.29, 1.82) is 0 Å². The molecule has 0 aliphatic heterocycles. The van der Waals surface area contributed by atoms with Crippen LogP contribution in [0.3, 0.4) is 0 Å². The molecule has 0 radical (unpaired) electrons. The van der Waals surface area contributed by atoms with Crippen molar-refractivity contribution < 1.29 is 9.21 Å². The van der Waals surface area contributed by atoms with Crippen molar-refractivity contribution in [1.82, 2.24) is 20.1 Å². The van der Waals surface area contributed by atoms with Crippen LogP contribution >= 0.6 is 23.1 Å². The van der Waals surface area contributed by atoms with Gasteiger partial charge < -0.3 is 9.32 Å². The minimum atomic E-state index is 0.235. The number of aryl methyl sites for hydroxylation is 2. The summed E-state index contributed by atoms with van der Waals surface area (Å²) in [5.74, 6) is 1.10. The highest BCUT2D eigenvalue weighted by Gasteiger charge is 2.32. The fraction of sp³-hybridized carbons (Fsp3) is 0.714. The minimum Gasteiger partial charge on any atom is -0.410 e. The molecule has 0 unspecified atom stereocenters. The Morgan fingerprint density at radius 3 is 2.21 bits per heavy atom. The summed E-state index contributed by atoms with van der Waals surface area (Å²) in [6, 6.07) is 0.835. The predicted octanol–water partition coefficient (Wildman–Crippen LogP) is 5.40. The number of rotatable bonds is 6. The normalized spacial score (nSPS) is 18.8. The van der Waals surface area contributed by atoms with Gasteiger partial charge in [0.2, 0.25) is 5.91 Å². The van der Waals surface area contributed by atoms with Crippen molar-refractivity contribution in [3.8, 4) is 10.8 Å². The molecule has 2 saturated carbocycles. The second kappa shape index (κ2) is 9.60. The Kier molecular flexibility index (Phi) is 6.90. The topological polar surface area (TPSA) is 72.1 Å². The number of hydrogen-bond acceptors (Lipinski definition) is 7. The van der Waals surface area contributed by atoms with Crippen LogP contribution in [0.2, 0.25) is 0 Å². The Labute approximate surface area is 180 Å². The molecule has 6 nitrogen and oxygen atoms in total. The van der Waals surface area contributed by atoms with Crippen LogP contribution in [0.25, 0.3) is 10.8 Å². The Hall–Kier alpha value is -1.41. The molecule has 2 aromatic rings. The van der Waals surface area contributed by atoms with Gasteiger partial charge in [0.25, 0.3) is 11.1 Å². The van der Waals surface area contributed by atoms with Crippen LogP contribution in [-0.2, 0) is 4.79 Å². The molecule has 0 aromatic carbocycles. The zero-order valence-electron chi connectivity index (χ0n) is 17.4. The van der Waals surface area contributed by atoms with Crippen LogP contribution < -0.4 is 0 Å². The smallest absolute Gasteiger partial charge is 0.277 e. The first-order valence-corrected chi connectivity index (χ1v) is 12.6. The molecular formula is C21H30N4O2S2. The molecule has 2 aliphatic rings. The van der Waals surface area contributed by atoms with Crippen molar-refractivity contribution in [2.75, 3.05) is 5.75 Å². The summed E-state index contributed by atoms with van der Waals surface area (Å²) in [5, 5.41) is 9.77. The second-order valence-corrected chi connectivity index (χ2v) is 10.3. The van der Waals surface area contributed by atoms with Crippen molar-refractivity contribution in [3.63, 3.8) is 0 Å². The summed E-state index contributed by atoms with van der Waals surface area (Å²) < 4.78 is 5.83. The van der Waals surface area contributed by atoms with Gasteiger partial charge in [0.15, 0.2) is 0 Å². The van der Waals surface area contributed by atoms with E-state index in [9.17, 15) is 4.79 Å². The molecule has 8 heteroatoms. The van der Waals surface area contributed by atoms with E-state index in [1.807, 2.05) is 13.8 Å². The molecule has 0 bridgehead atoms. The van der Waals surface area contributed by atoms with E-state index in [2.05, 4.69) is 20.1 Å². The van der Waals surface area contributed by atoms with Crippen LogP contribution in [-0.4, -0.2) is 43.8 Å². The molecule has 2 aromatic heterocycles. The van der Waals surface area contributed by atoms with Crippen LogP contribution in [0.5, 0.6) is 0 Å². The van der Waals surface area contributed by atoms with Gasteiger partial charge in [0.05, 0.1) is 16.5 Å². The lowest BCUT2D eigenvalue weighted by Gasteiger charge is -2.41. The summed E-state index contributed by atoms with van der Waals surface area (Å²) >= 11 is 2.92. The van der Waals surface area contributed by atoms with E-state index in [1.165, 1.54) is 50.3 Å². The number of thiazole rings is 1. The van der Waals surface area contributed by atoms with E-state index >= 15 is 0 Å². The summed E-state index contributed by atoms with van der Waals surface area (Å²) in [4.78, 5) is 20.8. The van der Waals surface area contributed by atoms with E-state index in [-0.39, 0.29) is 5.91 Å². The van der Waals surface area contributed by atoms with Crippen LogP contribution in [0.15, 0.2) is 9.64 Å². The summed E-state index contributed by atoms with van der Waals surface area (Å²) in [6.45, 7) is 3.92. The molecule has 2 fully saturated rings. The number of nitrogens with zero attached hydrogens (tertiary/aromatic N) is 4. The van der Waals surface area contributed by atoms with Gasteiger partial charge in [-0.05, 0) is 39.5 Å².